The van der Waals surface area contributed by atoms with Crippen LogP contribution in [0, 0.1) is 20.8 Å². The number of methoxy groups -OCH3 is 1. The van der Waals surface area contributed by atoms with Gasteiger partial charge in [-0.25, -0.2) is 4.68 Å². The van der Waals surface area contributed by atoms with E-state index in [4.69, 9.17) is 16.3 Å². The number of nitrogens with zero attached hydrogens (tertiary/aromatic N) is 2. The summed E-state index contributed by atoms with van der Waals surface area (Å²) in [6.07, 6.45) is 2.12. The molecular formula is C24H28ClN3O2. The first-order valence-corrected chi connectivity index (χ1v) is 10.5. The van der Waals surface area contributed by atoms with Gasteiger partial charge in [0.25, 0.3) is 0 Å². The van der Waals surface area contributed by atoms with Gasteiger partial charge < -0.3 is 10.1 Å². The molecule has 0 spiro atoms. The van der Waals surface area contributed by atoms with E-state index < -0.39 is 0 Å². The lowest BCUT2D eigenvalue weighted by molar-refractivity contribution is -0.120. The molecule has 158 valence electrons. The van der Waals surface area contributed by atoms with Crippen LogP contribution in [0.1, 0.15) is 34.5 Å². The normalized spacial score (nSPS) is 10.8. The van der Waals surface area contributed by atoms with Gasteiger partial charge >= 0.3 is 0 Å². The van der Waals surface area contributed by atoms with Gasteiger partial charge in [0.2, 0.25) is 5.91 Å². The van der Waals surface area contributed by atoms with Crippen molar-refractivity contribution in [3.63, 3.8) is 0 Å². The van der Waals surface area contributed by atoms with Crippen molar-refractivity contribution in [2.24, 2.45) is 0 Å². The Morgan fingerprint density at radius 1 is 1.13 bits per heavy atom. The van der Waals surface area contributed by atoms with E-state index in [0.29, 0.717) is 18.0 Å². The highest BCUT2D eigenvalue weighted by Crippen LogP contribution is 2.23. The number of ether oxygens (including phenoxy) is 1. The highest BCUT2D eigenvalue weighted by atomic mass is 35.5. The van der Waals surface area contributed by atoms with Crippen molar-refractivity contribution in [1.29, 1.82) is 0 Å². The van der Waals surface area contributed by atoms with E-state index in [1.807, 2.05) is 55.8 Å². The average Bonchev–Trinajstić information content (AvgIpc) is 3.02. The molecule has 0 atom stereocenters. The van der Waals surface area contributed by atoms with E-state index in [1.54, 1.807) is 7.11 Å². The van der Waals surface area contributed by atoms with E-state index in [2.05, 4.69) is 22.5 Å². The van der Waals surface area contributed by atoms with Gasteiger partial charge in [-0.05, 0) is 69.0 Å². The number of hydrogen-bond donors (Lipinski definition) is 1. The summed E-state index contributed by atoms with van der Waals surface area (Å²) in [5, 5.41) is 8.35. The number of benzene rings is 2. The van der Waals surface area contributed by atoms with Crippen LogP contribution in [-0.2, 0) is 17.6 Å². The van der Waals surface area contributed by atoms with Gasteiger partial charge in [0.1, 0.15) is 5.75 Å². The summed E-state index contributed by atoms with van der Waals surface area (Å²) in [5.41, 5.74) is 5.93. The standard InChI is InChI=1S/C24H28ClN3O2/c1-16-7-10-20(14-23(16)25)28-18(3)22(17(2)27-28)15-24(29)26-13-5-6-19-8-11-21(30-4)12-9-19/h7-12,14H,5-6,13,15H2,1-4H3,(H,26,29). The van der Waals surface area contributed by atoms with Gasteiger partial charge in [0.15, 0.2) is 0 Å². The Kier molecular flexibility index (Phi) is 7.16. The Hall–Kier alpha value is -2.79. The second-order valence-electron chi connectivity index (χ2n) is 7.47. The number of nitrogens with one attached hydrogen (secondary N) is 1. The van der Waals surface area contributed by atoms with Crippen LogP contribution in [0.4, 0.5) is 0 Å². The molecule has 6 heteroatoms. The third-order valence-electron chi connectivity index (χ3n) is 5.30. The molecular weight excluding hydrogens is 398 g/mol. The number of halogens is 1. The largest absolute Gasteiger partial charge is 0.497 e. The molecule has 2 aromatic carbocycles. The fourth-order valence-corrected chi connectivity index (χ4v) is 3.61. The quantitative estimate of drug-likeness (QED) is 0.530. The smallest absolute Gasteiger partial charge is 0.224 e. The molecule has 0 aliphatic rings. The number of aryl methyl sites for hydroxylation is 3. The summed E-state index contributed by atoms with van der Waals surface area (Å²) in [4.78, 5) is 12.5. The maximum atomic E-state index is 12.5. The molecule has 0 radical (unpaired) electrons. The van der Waals surface area contributed by atoms with Gasteiger partial charge in [-0.15, -0.1) is 0 Å². The van der Waals surface area contributed by atoms with Crippen LogP contribution in [0.2, 0.25) is 5.02 Å². The first kappa shape index (κ1) is 21.9. The minimum absolute atomic E-state index is 0.0115. The third-order valence-corrected chi connectivity index (χ3v) is 5.71. The minimum atomic E-state index is 0.0115. The molecule has 3 aromatic rings. The Morgan fingerprint density at radius 2 is 1.87 bits per heavy atom. The number of carbonyl (C=O) groups is 1. The van der Waals surface area contributed by atoms with E-state index in [0.717, 1.165) is 46.8 Å². The third kappa shape index (κ3) is 5.22. The molecule has 0 fully saturated rings. The molecule has 1 aromatic heterocycles. The highest BCUT2D eigenvalue weighted by molar-refractivity contribution is 6.31. The predicted molar refractivity (Wildman–Crippen MR) is 121 cm³/mol. The van der Waals surface area contributed by atoms with Crippen molar-refractivity contribution in [2.75, 3.05) is 13.7 Å². The second-order valence-corrected chi connectivity index (χ2v) is 7.88. The number of aromatic nitrogens is 2. The molecule has 0 aliphatic heterocycles. The van der Waals surface area contributed by atoms with Crippen LogP contribution in [0.3, 0.4) is 0 Å². The van der Waals surface area contributed by atoms with Crippen LogP contribution < -0.4 is 10.1 Å². The highest BCUT2D eigenvalue weighted by Gasteiger charge is 2.16. The van der Waals surface area contributed by atoms with Crippen molar-refractivity contribution in [1.82, 2.24) is 15.1 Å². The van der Waals surface area contributed by atoms with E-state index in [-0.39, 0.29) is 5.91 Å². The van der Waals surface area contributed by atoms with Crippen molar-refractivity contribution in [3.8, 4) is 11.4 Å². The maximum Gasteiger partial charge on any atom is 0.224 e. The lowest BCUT2D eigenvalue weighted by atomic mass is 10.1. The van der Waals surface area contributed by atoms with Gasteiger partial charge in [-0.2, -0.15) is 5.10 Å². The van der Waals surface area contributed by atoms with Gasteiger partial charge in [-0.1, -0.05) is 29.8 Å². The summed E-state index contributed by atoms with van der Waals surface area (Å²) in [7, 11) is 1.66. The van der Waals surface area contributed by atoms with Gasteiger partial charge in [0.05, 0.1) is 24.9 Å². The molecule has 30 heavy (non-hydrogen) atoms. The van der Waals surface area contributed by atoms with Gasteiger partial charge in [0, 0.05) is 22.8 Å². The molecule has 3 rings (SSSR count). The fourth-order valence-electron chi connectivity index (χ4n) is 3.43. The van der Waals surface area contributed by atoms with Crippen molar-refractivity contribution in [3.05, 3.63) is 75.6 Å². The fraction of sp³-hybridized carbons (Fsp3) is 0.333. The summed E-state index contributed by atoms with van der Waals surface area (Å²) in [5.74, 6) is 0.865. The zero-order valence-electron chi connectivity index (χ0n) is 18.0. The molecule has 1 heterocycles. The molecule has 0 saturated heterocycles. The van der Waals surface area contributed by atoms with E-state index in [9.17, 15) is 4.79 Å². The van der Waals surface area contributed by atoms with Crippen LogP contribution in [-0.4, -0.2) is 29.3 Å². The predicted octanol–water partition coefficient (Wildman–Crippen LogP) is 4.75. The maximum absolute atomic E-state index is 12.5. The molecule has 5 nitrogen and oxygen atoms in total. The summed E-state index contributed by atoms with van der Waals surface area (Å²) in [6, 6.07) is 13.9. The Bertz CT molecular complexity index is 1030. The average molecular weight is 426 g/mol. The molecule has 0 aliphatic carbocycles. The molecule has 0 unspecified atom stereocenters. The van der Waals surface area contributed by atoms with Gasteiger partial charge in [-0.3, -0.25) is 4.79 Å². The summed E-state index contributed by atoms with van der Waals surface area (Å²) >= 11 is 6.27. The Balaban J connectivity index is 1.56. The SMILES string of the molecule is COc1ccc(CCCNC(=O)Cc2c(C)nn(-c3ccc(C)c(Cl)c3)c2C)cc1. The number of hydrogen-bond acceptors (Lipinski definition) is 3. The molecule has 1 amide bonds. The lowest BCUT2D eigenvalue weighted by Gasteiger charge is -2.08. The summed E-state index contributed by atoms with van der Waals surface area (Å²) in [6.45, 7) is 6.54. The van der Waals surface area contributed by atoms with Crippen LogP contribution in [0.5, 0.6) is 5.75 Å². The van der Waals surface area contributed by atoms with Crippen LogP contribution >= 0.6 is 11.6 Å². The number of carbonyl (C=O) groups excluding carboxylic acids is 1. The first-order chi connectivity index (χ1) is 14.4. The zero-order valence-corrected chi connectivity index (χ0v) is 18.7. The van der Waals surface area contributed by atoms with Crippen molar-refractivity contribution < 1.29 is 9.53 Å². The molecule has 0 bridgehead atoms. The van der Waals surface area contributed by atoms with Crippen molar-refractivity contribution >= 4 is 17.5 Å². The monoisotopic (exact) mass is 425 g/mol. The minimum Gasteiger partial charge on any atom is -0.497 e. The number of amides is 1. The second kappa shape index (κ2) is 9.81. The van der Waals surface area contributed by atoms with Crippen LogP contribution in [0.25, 0.3) is 5.69 Å². The van der Waals surface area contributed by atoms with E-state index in [1.165, 1.54) is 5.56 Å². The molecule has 1 N–H and O–H groups in total. The van der Waals surface area contributed by atoms with Crippen LogP contribution in [0.15, 0.2) is 42.5 Å². The molecule has 0 saturated carbocycles. The van der Waals surface area contributed by atoms with E-state index >= 15 is 0 Å². The zero-order chi connectivity index (χ0) is 21.7. The Morgan fingerprint density at radius 3 is 2.53 bits per heavy atom. The van der Waals surface area contributed by atoms with Crippen molar-refractivity contribution in [2.45, 2.75) is 40.0 Å². The Labute approximate surface area is 183 Å². The number of rotatable bonds is 8. The summed E-state index contributed by atoms with van der Waals surface area (Å²) < 4.78 is 7.03. The lowest BCUT2D eigenvalue weighted by Crippen LogP contribution is -2.26. The topological polar surface area (TPSA) is 56.1 Å². The first-order valence-electron chi connectivity index (χ1n) is 10.1.